The Hall–Kier alpha value is -3.74. The van der Waals surface area contributed by atoms with E-state index in [1.54, 1.807) is 38.2 Å². The van der Waals surface area contributed by atoms with E-state index in [1.807, 2.05) is 0 Å². The van der Waals surface area contributed by atoms with Crippen LogP contribution in [0.1, 0.15) is 37.9 Å². The van der Waals surface area contributed by atoms with Crippen molar-refractivity contribution < 1.29 is 27.5 Å². The first-order valence-corrected chi connectivity index (χ1v) is 11.6. The van der Waals surface area contributed by atoms with Gasteiger partial charge < -0.3 is 10.1 Å². The Balaban J connectivity index is 1.23. The number of ether oxygens (including phenoxy) is 1. The van der Waals surface area contributed by atoms with Crippen LogP contribution < -0.4 is 10.6 Å². The molecule has 3 saturated carbocycles. The Morgan fingerprint density at radius 1 is 1.16 bits per heavy atom. The summed E-state index contributed by atoms with van der Waals surface area (Å²) in [4.78, 5) is 33.3. The summed E-state index contributed by atoms with van der Waals surface area (Å²) in [7, 11) is 1.57. The van der Waals surface area contributed by atoms with Gasteiger partial charge in [-0.1, -0.05) is 22.9 Å². The number of aryl methyl sites for hydroxylation is 1. The molecule has 37 heavy (non-hydrogen) atoms. The maximum atomic E-state index is 13.1. The summed E-state index contributed by atoms with van der Waals surface area (Å²) >= 11 is 6.06. The van der Waals surface area contributed by atoms with E-state index < -0.39 is 35.1 Å². The minimum atomic E-state index is -4.28. The lowest BCUT2D eigenvalue weighted by Gasteiger charge is -2.69. The topological polar surface area (TPSA) is 124 Å². The van der Waals surface area contributed by atoms with Crippen molar-refractivity contribution in [2.45, 2.75) is 38.5 Å². The number of nitrogens with zero attached hydrogens (tertiary/aromatic N) is 5. The highest BCUT2D eigenvalue weighted by molar-refractivity contribution is 6.30. The number of carbonyl (C=O) groups excluding carboxylic acids is 2. The lowest BCUT2D eigenvalue weighted by atomic mass is 9.34. The summed E-state index contributed by atoms with van der Waals surface area (Å²) in [5.74, 6) is -0.231. The Morgan fingerprint density at radius 2 is 1.89 bits per heavy atom. The number of aromatic nitrogens is 5. The second-order valence-electron chi connectivity index (χ2n) is 9.44. The summed E-state index contributed by atoms with van der Waals surface area (Å²) in [6, 6.07) is 6.46. The van der Waals surface area contributed by atoms with Crippen molar-refractivity contribution in [3.05, 3.63) is 47.4 Å². The van der Waals surface area contributed by atoms with E-state index in [4.69, 9.17) is 16.3 Å². The van der Waals surface area contributed by atoms with Crippen LogP contribution in [0.2, 0.25) is 5.15 Å². The maximum absolute atomic E-state index is 13.1. The van der Waals surface area contributed by atoms with E-state index >= 15 is 0 Å². The molecule has 1 atom stereocenters. The molecule has 3 aliphatic carbocycles. The number of anilines is 2. The van der Waals surface area contributed by atoms with Crippen molar-refractivity contribution >= 4 is 35.1 Å². The number of halogens is 4. The third-order valence-electron chi connectivity index (χ3n) is 6.93. The minimum Gasteiger partial charge on any atom is -0.441 e. The van der Waals surface area contributed by atoms with Gasteiger partial charge in [-0.05, 0) is 44.4 Å². The van der Waals surface area contributed by atoms with Crippen LogP contribution in [-0.2, 0) is 16.6 Å². The van der Waals surface area contributed by atoms with Gasteiger partial charge in [-0.15, -0.1) is 5.10 Å². The summed E-state index contributed by atoms with van der Waals surface area (Å²) in [6.45, 7) is 1.65. The number of hydrogen-bond acceptors (Lipinski definition) is 7. The van der Waals surface area contributed by atoms with Gasteiger partial charge in [0.15, 0.2) is 11.5 Å². The minimum absolute atomic E-state index is 0.183. The molecule has 0 aliphatic heterocycles. The molecule has 0 unspecified atom stereocenters. The molecule has 14 heteroatoms. The summed E-state index contributed by atoms with van der Waals surface area (Å²) in [5.41, 5.74) is -1.21. The van der Waals surface area contributed by atoms with Crippen molar-refractivity contribution in [1.29, 1.82) is 0 Å². The number of pyridine rings is 2. The molecule has 0 radical (unpaired) electrons. The Labute approximate surface area is 213 Å². The molecule has 3 aromatic heterocycles. The van der Waals surface area contributed by atoms with Crippen molar-refractivity contribution in [2.24, 2.45) is 17.9 Å². The van der Waals surface area contributed by atoms with Gasteiger partial charge in [0.2, 0.25) is 5.91 Å². The lowest BCUT2D eigenvalue weighted by Crippen LogP contribution is -2.71. The SMILES string of the molecule is C[C@@H](OC(=O)Nc1c(-c2ccc(NC(=O)C34CC(C(F)(F)F)(C3)C4)cn2)nnn1C)c1cccnc1Cl. The van der Waals surface area contributed by atoms with Crippen LogP contribution in [0.15, 0.2) is 36.7 Å². The molecular formula is C23H21ClF3N7O3. The molecule has 3 aromatic rings. The highest BCUT2D eigenvalue weighted by atomic mass is 35.5. The molecule has 194 valence electrons. The smallest absolute Gasteiger partial charge is 0.413 e. The van der Waals surface area contributed by atoms with Crippen LogP contribution in [0.4, 0.5) is 29.5 Å². The zero-order valence-electron chi connectivity index (χ0n) is 19.6. The predicted octanol–water partition coefficient (Wildman–Crippen LogP) is 4.91. The molecule has 2 bridgehead atoms. The van der Waals surface area contributed by atoms with E-state index in [9.17, 15) is 22.8 Å². The standard InChI is InChI=1S/C23H21ClF3N7O3/c1-12(14-4-3-7-28-17(14)24)37-20(36)31-18-16(32-33-34(18)2)15-6-5-13(8-29-15)30-19(35)21-9-22(10-21,11-21)23(25,26)27/h3-8,12H,9-11H2,1-2H3,(H,30,35)(H,31,36)/t12-,21?,22?/m1/s1. The number of rotatable bonds is 6. The van der Waals surface area contributed by atoms with Crippen molar-refractivity contribution in [3.8, 4) is 11.4 Å². The van der Waals surface area contributed by atoms with E-state index in [0.717, 1.165) is 0 Å². The second kappa shape index (κ2) is 8.68. The maximum Gasteiger partial charge on any atom is 0.413 e. The average Bonchev–Trinajstić information content (AvgIpc) is 3.11. The van der Waals surface area contributed by atoms with Gasteiger partial charge in [0.1, 0.15) is 11.3 Å². The predicted molar refractivity (Wildman–Crippen MR) is 125 cm³/mol. The van der Waals surface area contributed by atoms with Crippen LogP contribution in [0.25, 0.3) is 11.4 Å². The fourth-order valence-electron chi connectivity index (χ4n) is 4.92. The number of alkyl halides is 3. The molecule has 3 aliphatic rings. The van der Waals surface area contributed by atoms with Crippen LogP contribution in [0.5, 0.6) is 0 Å². The molecule has 3 fully saturated rings. The largest absolute Gasteiger partial charge is 0.441 e. The highest BCUT2D eigenvalue weighted by Gasteiger charge is 2.80. The van der Waals surface area contributed by atoms with Gasteiger partial charge in [0, 0.05) is 18.8 Å². The first-order valence-electron chi connectivity index (χ1n) is 11.3. The quantitative estimate of drug-likeness (QED) is 0.430. The van der Waals surface area contributed by atoms with Crippen LogP contribution >= 0.6 is 11.6 Å². The fourth-order valence-corrected chi connectivity index (χ4v) is 5.20. The number of carbonyl (C=O) groups is 2. The van der Waals surface area contributed by atoms with Gasteiger partial charge in [-0.3, -0.25) is 15.1 Å². The first kappa shape index (κ1) is 24.9. The highest BCUT2D eigenvalue weighted by Crippen LogP contribution is 2.78. The molecule has 6 rings (SSSR count). The van der Waals surface area contributed by atoms with Crippen molar-refractivity contribution in [3.63, 3.8) is 0 Å². The van der Waals surface area contributed by atoms with Crippen LogP contribution in [0.3, 0.4) is 0 Å². The monoisotopic (exact) mass is 535 g/mol. The molecule has 0 spiro atoms. The number of nitrogens with one attached hydrogen (secondary N) is 2. The number of hydrogen-bond donors (Lipinski definition) is 2. The van der Waals surface area contributed by atoms with Gasteiger partial charge in [0.05, 0.1) is 28.4 Å². The number of amides is 2. The molecule has 0 aromatic carbocycles. The lowest BCUT2D eigenvalue weighted by molar-refractivity contribution is -0.349. The Kier molecular flexibility index (Phi) is 5.85. The van der Waals surface area contributed by atoms with Gasteiger partial charge >= 0.3 is 12.3 Å². The molecule has 0 saturated heterocycles. The summed E-state index contributed by atoms with van der Waals surface area (Å²) < 4.78 is 45.9. The summed E-state index contributed by atoms with van der Waals surface area (Å²) in [5, 5.41) is 13.4. The van der Waals surface area contributed by atoms with Crippen LogP contribution in [0, 0.1) is 10.8 Å². The third kappa shape index (κ3) is 4.26. The van der Waals surface area contributed by atoms with Gasteiger partial charge in [0.25, 0.3) is 0 Å². The normalized spacial score (nSPS) is 22.9. The van der Waals surface area contributed by atoms with Crippen molar-refractivity contribution in [1.82, 2.24) is 25.0 Å². The zero-order chi connectivity index (χ0) is 26.6. The molecular weight excluding hydrogens is 515 g/mol. The van der Waals surface area contributed by atoms with E-state index in [-0.39, 0.29) is 35.9 Å². The van der Waals surface area contributed by atoms with E-state index in [2.05, 4.69) is 30.9 Å². The third-order valence-corrected chi connectivity index (χ3v) is 7.25. The zero-order valence-corrected chi connectivity index (χ0v) is 20.4. The average molecular weight is 536 g/mol. The van der Waals surface area contributed by atoms with Crippen LogP contribution in [-0.4, -0.2) is 43.1 Å². The Morgan fingerprint density at radius 3 is 2.51 bits per heavy atom. The molecule has 3 heterocycles. The van der Waals surface area contributed by atoms with Crippen molar-refractivity contribution in [2.75, 3.05) is 10.6 Å². The molecule has 10 nitrogen and oxygen atoms in total. The molecule has 2 amide bonds. The van der Waals surface area contributed by atoms with E-state index in [1.165, 1.54) is 17.1 Å². The second-order valence-corrected chi connectivity index (χ2v) is 9.80. The van der Waals surface area contributed by atoms with Gasteiger partial charge in [-0.25, -0.2) is 14.5 Å². The molecule has 2 N–H and O–H groups in total. The summed E-state index contributed by atoms with van der Waals surface area (Å²) in [6.07, 6.45) is -3.41. The van der Waals surface area contributed by atoms with E-state index in [0.29, 0.717) is 16.9 Å². The Bertz CT molecular complexity index is 1360. The fraction of sp³-hybridized carbons (Fsp3) is 0.391. The van der Waals surface area contributed by atoms with Gasteiger partial charge in [-0.2, -0.15) is 13.2 Å². The first-order chi connectivity index (χ1) is 17.4.